The van der Waals surface area contributed by atoms with Crippen molar-refractivity contribution in [2.45, 2.75) is 66.0 Å². The normalized spacial score (nSPS) is 38.2. The number of fused-ring (bicyclic) bond motifs is 1. The number of carbonyl (C=O) groups is 1. The minimum atomic E-state index is 0.0930. The molecule has 0 aromatic carbocycles. The van der Waals surface area contributed by atoms with Gasteiger partial charge in [0.25, 0.3) is 0 Å². The molecule has 3 rings (SSSR count). The Morgan fingerprint density at radius 3 is 2.20 bits per heavy atom. The molecule has 0 N–H and O–H groups in total. The maximum absolute atomic E-state index is 12.5. The molecule has 0 radical (unpaired) electrons. The van der Waals surface area contributed by atoms with Crippen LogP contribution in [0.3, 0.4) is 0 Å². The first-order valence-electron chi connectivity index (χ1n) is 8.00. The molecule has 20 heavy (non-hydrogen) atoms. The van der Waals surface area contributed by atoms with Crippen LogP contribution in [0.15, 0.2) is 0 Å². The Morgan fingerprint density at radius 1 is 1.25 bits per heavy atom. The van der Waals surface area contributed by atoms with Crippen LogP contribution in [0.2, 0.25) is 0 Å². The molecular weight excluding hydrogens is 266 g/mol. The Labute approximate surface area is 128 Å². The monoisotopic (exact) mass is 295 g/mol. The van der Waals surface area contributed by atoms with Crippen LogP contribution in [0, 0.1) is 16.2 Å². The number of rotatable bonds is 2. The lowest BCUT2D eigenvalue weighted by Crippen LogP contribution is -2.48. The first-order valence-corrected chi connectivity index (χ1v) is 9.16. The van der Waals surface area contributed by atoms with Gasteiger partial charge in [0.2, 0.25) is 0 Å². The SMILES string of the molecule is CCC(=O)[C@@H]1C[C@@]2(CN1C(C)(C)C)C(C)(C)C21CSC1. The summed E-state index contributed by atoms with van der Waals surface area (Å²) >= 11 is 2.09. The number of hydrogen-bond donors (Lipinski definition) is 0. The molecule has 114 valence electrons. The van der Waals surface area contributed by atoms with Crippen LogP contribution in [-0.2, 0) is 4.79 Å². The summed E-state index contributed by atoms with van der Waals surface area (Å²) in [4.78, 5) is 15.0. The van der Waals surface area contributed by atoms with Crippen LogP contribution in [0.1, 0.15) is 54.4 Å². The predicted octanol–water partition coefficient (Wildman–Crippen LogP) is 3.60. The standard InChI is InChI=1S/C17H29NOS/c1-7-13(19)12-8-16(9-18(12)14(2,3)4)15(5,6)17(16)10-20-11-17/h12H,7-11H2,1-6H3/t12-,16+/m0/s1. The van der Waals surface area contributed by atoms with Gasteiger partial charge in [0, 0.05) is 35.4 Å². The van der Waals surface area contributed by atoms with Gasteiger partial charge >= 0.3 is 0 Å². The highest BCUT2D eigenvalue weighted by molar-refractivity contribution is 8.00. The van der Waals surface area contributed by atoms with E-state index < -0.39 is 0 Å². The summed E-state index contributed by atoms with van der Waals surface area (Å²) < 4.78 is 0. The van der Waals surface area contributed by atoms with Crippen LogP contribution in [-0.4, -0.2) is 40.3 Å². The minimum absolute atomic E-state index is 0.0930. The van der Waals surface area contributed by atoms with E-state index in [0.29, 0.717) is 28.4 Å². The fourth-order valence-electron chi connectivity index (χ4n) is 5.14. The van der Waals surface area contributed by atoms with Gasteiger partial charge in [-0.15, -0.1) is 0 Å². The minimum Gasteiger partial charge on any atom is -0.298 e. The van der Waals surface area contributed by atoms with Crippen molar-refractivity contribution < 1.29 is 4.79 Å². The van der Waals surface area contributed by atoms with Crippen molar-refractivity contribution >= 4 is 17.5 Å². The van der Waals surface area contributed by atoms with Gasteiger partial charge in [-0.05, 0) is 38.0 Å². The topological polar surface area (TPSA) is 20.3 Å². The highest BCUT2D eigenvalue weighted by Gasteiger charge is 2.85. The van der Waals surface area contributed by atoms with Gasteiger partial charge in [0.1, 0.15) is 5.78 Å². The summed E-state index contributed by atoms with van der Waals surface area (Å²) in [7, 11) is 0. The fourth-order valence-corrected chi connectivity index (χ4v) is 7.02. The van der Waals surface area contributed by atoms with E-state index >= 15 is 0 Å². The molecule has 0 aromatic heterocycles. The van der Waals surface area contributed by atoms with Crippen molar-refractivity contribution in [3.63, 3.8) is 0 Å². The van der Waals surface area contributed by atoms with Crippen molar-refractivity contribution in [1.82, 2.24) is 4.90 Å². The van der Waals surface area contributed by atoms with Gasteiger partial charge in [-0.3, -0.25) is 9.69 Å². The Balaban J connectivity index is 1.94. The molecule has 2 spiro atoms. The third-order valence-electron chi connectivity index (χ3n) is 6.88. The van der Waals surface area contributed by atoms with Gasteiger partial charge < -0.3 is 0 Å². The Hall–Kier alpha value is -0.0200. The summed E-state index contributed by atoms with van der Waals surface area (Å²) in [6.07, 6.45) is 1.78. The highest BCUT2D eigenvalue weighted by atomic mass is 32.2. The zero-order valence-corrected chi connectivity index (χ0v) is 14.7. The lowest BCUT2D eigenvalue weighted by Gasteiger charge is -2.36. The van der Waals surface area contributed by atoms with Crippen LogP contribution < -0.4 is 0 Å². The Morgan fingerprint density at radius 2 is 1.85 bits per heavy atom. The number of Topliss-reactive ketones (excluding diaryl/α,β-unsaturated/α-hetero) is 1. The number of thioether (sulfide) groups is 1. The molecule has 3 heteroatoms. The van der Waals surface area contributed by atoms with Crippen LogP contribution in [0.25, 0.3) is 0 Å². The van der Waals surface area contributed by atoms with Crippen molar-refractivity contribution in [2.75, 3.05) is 18.1 Å². The second-order valence-corrected chi connectivity index (χ2v) is 9.61. The molecule has 2 heterocycles. The summed E-state index contributed by atoms with van der Waals surface area (Å²) in [5, 5.41) is 0. The van der Waals surface area contributed by atoms with E-state index in [9.17, 15) is 4.79 Å². The van der Waals surface area contributed by atoms with Crippen molar-refractivity contribution in [2.24, 2.45) is 16.2 Å². The Bertz CT molecular complexity index is 446. The van der Waals surface area contributed by atoms with E-state index in [1.165, 1.54) is 11.5 Å². The Kier molecular flexibility index (Phi) is 3.01. The van der Waals surface area contributed by atoms with Gasteiger partial charge in [-0.25, -0.2) is 0 Å². The van der Waals surface area contributed by atoms with Crippen molar-refractivity contribution in [3.05, 3.63) is 0 Å². The molecule has 0 unspecified atom stereocenters. The summed E-state index contributed by atoms with van der Waals surface area (Å²) in [5.74, 6) is 3.07. The van der Waals surface area contributed by atoms with Crippen molar-refractivity contribution in [1.29, 1.82) is 0 Å². The summed E-state index contributed by atoms with van der Waals surface area (Å²) in [6.45, 7) is 14.8. The quantitative estimate of drug-likeness (QED) is 0.776. The second-order valence-electron chi connectivity index (χ2n) is 8.62. The van der Waals surface area contributed by atoms with Gasteiger partial charge in [0.15, 0.2) is 0 Å². The molecule has 2 atom stereocenters. The summed E-state index contributed by atoms with van der Waals surface area (Å²) in [6, 6.07) is 0.157. The smallest absolute Gasteiger partial charge is 0.149 e. The van der Waals surface area contributed by atoms with Gasteiger partial charge in [-0.2, -0.15) is 11.8 Å². The van der Waals surface area contributed by atoms with Crippen LogP contribution in [0.5, 0.6) is 0 Å². The average molecular weight is 295 g/mol. The summed E-state index contributed by atoms with van der Waals surface area (Å²) in [5.41, 5.74) is 1.43. The predicted molar refractivity (Wildman–Crippen MR) is 86.1 cm³/mol. The third-order valence-corrected chi connectivity index (χ3v) is 8.28. The molecular formula is C17H29NOS. The van der Waals surface area contributed by atoms with E-state index in [4.69, 9.17) is 0 Å². The number of hydrogen-bond acceptors (Lipinski definition) is 3. The van der Waals surface area contributed by atoms with Crippen LogP contribution in [0.4, 0.5) is 0 Å². The molecule has 2 nitrogen and oxygen atoms in total. The number of nitrogens with zero attached hydrogens (tertiary/aromatic N) is 1. The zero-order valence-electron chi connectivity index (χ0n) is 13.9. The van der Waals surface area contributed by atoms with E-state index in [1.807, 2.05) is 6.92 Å². The molecule has 0 bridgehead atoms. The van der Waals surface area contributed by atoms with E-state index in [1.54, 1.807) is 0 Å². The lowest BCUT2D eigenvalue weighted by molar-refractivity contribution is -0.124. The fraction of sp³-hybridized carbons (Fsp3) is 0.941. The van der Waals surface area contributed by atoms with E-state index in [2.05, 4.69) is 51.3 Å². The third kappa shape index (κ3) is 1.49. The maximum atomic E-state index is 12.5. The molecule has 1 saturated carbocycles. The molecule has 2 saturated heterocycles. The molecule has 3 aliphatic rings. The second kappa shape index (κ2) is 4.04. The van der Waals surface area contributed by atoms with Gasteiger partial charge in [0.05, 0.1) is 6.04 Å². The first-order chi connectivity index (χ1) is 9.13. The molecule has 2 aliphatic heterocycles. The first kappa shape index (κ1) is 14.9. The van der Waals surface area contributed by atoms with E-state index in [0.717, 1.165) is 13.0 Å². The number of carbonyl (C=O) groups excluding carboxylic acids is 1. The van der Waals surface area contributed by atoms with E-state index in [-0.39, 0.29) is 11.6 Å². The number of ketones is 1. The van der Waals surface area contributed by atoms with Gasteiger partial charge in [-0.1, -0.05) is 20.8 Å². The molecule has 3 fully saturated rings. The average Bonchev–Trinajstić information content (AvgIpc) is 2.58. The van der Waals surface area contributed by atoms with Crippen LogP contribution >= 0.6 is 11.8 Å². The number of likely N-dealkylation sites (tertiary alicyclic amines) is 1. The maximum Gasteiger partial charge on any atom is 0.149 e. The molecule has 1 aliphatic carbocycles. The lowest BCUT2D eigenvalue weighted by atomic mass is 9.90. The zero-order chi connectivity index (χ0) is 15.0. The van der Waals surface area contributed by atoms with Crippen molar-refractivity contribution in [3.8, 4) is 0 Å². The largest absolute Gasteiger partial charge is 0.298 e. The highest BCUT2D eigenvalue weighted by Crippen LogP contribution is 2.86. The molecule has 0 amide bonds. The molecule has 0 aromatic rings.